The fourth-order valence-corrected chi connectivity index (χ4v) is 3.40. The molecule has 3 aromatic rings. The van der Waals surface area contributed by atoms with Gasteiger partial charge in [0.25, 0.3) is 0 Å². The van der Waals surface area contributed by atoms with Crippen LogP contribution in [0.15, 0.2) is 48.9 Å². The van der Waals surface area contributed by atoms with Crippen molar-refractivity contribution in [1.29, 1.82) is 0 Å². The van der Waals surface area contributed by atoms with Crippen LogP contribution in [0.2, 0.25) is 0 Å². The number of aryl methyl sites for hydroxylation is 1. The molecule has 0 amide bonds. The lowest BCUT2D eigenvalue weighted by Crippen LogP contribution is -2.46. The quantitative estimate of drug-likeness (QED) is 0.713. The van der Waals surface area contributed by atoms with Gasteiger partial charge < -0.3 is 4.90 Å². The first kappa shape index (κ1) is 17.5. The van der Waals surface area contributed by atoms with Crippen molar-refractivity contribution in [2.45, 2.75) is 20.4 Å². The van der Waals surface area contributed by atoms with E-state index in [2.05, 4.69) is 37.7 Å². The number of anilines is 1. The van der Waals surface area contributed by atoms with Gasteiger partial charge in [-0.15, -0.1) is 0 Å². The molecule has 0 radical (unpaired) electrons. The van der Waals surface area contributed by atoms with Crippen LogP contribution in [0, 0.1) is 13.8 Å². The van der Waals surface area contributed by atoms with E-state index in [4.69, 9.17) is 4.98 Å². The molecule has 0 aliphatic carbocycles. The van der Waals surface area contributed by atoms with Gasteiger partial charge in [-0.1, -0.05) is 12.1 Å². The summed E-state index contributed by atoms with van der Waals surface area (Å²) in [5, 5.41) is 0. The number of hydrogen-bond donors (Lipinski definition) is 0. The van der Waals surface area contributed by atoms with E-state index in [0.717, 1.165) is 55.5 Å². The van der Waals surface area contributed by atoms with Gasteiger partial charge in [0.15, 0.2) is 5.82 Å². The summed E-state index contributed by atoms with van der Waals surface area (Å²) in [5.74, 6) is 1.73. The van der Waals surface area contributed by atoms with Gasteiger partial charge >= 0.3 is 0 Å². The minimum absolute atomic E-state index is 0.700. The van der Waals surface area contributed by atoms with Crippen molar-refractivity contribution in [1.82, 2.24) is 24.8 Å². The molecule has 0 spiro atoms. The Morgan fingerprint density at radius 2 is 1.78 bits per heavy atom. The monoisotopic (exact) mass is 360 g/mol. The summed E-state index contributed by atoms with van der Waals surface area (Å²) in [6.07, 6.45) is 5.55. The first-order valence-electron chi connectivity index (χ1n) is 9.33. The van der Waals surface area contributed by atoms with Gasteiger partial charge in [0.05, 0.1) is 0 Å². The van der Waals surface area contributed by atoms with E-state index in [0.29, 0.717) is 5.82 Å². The largest absolute Gasteiger partial charge is 0.354 e. The van der Waals surface area contributed by atoms with Crippen LogP contribution in [0.25, 0.3) is 11.5 Å². The predicted molar refractivity (Wildman–Crippen MR) is 106 cm³/mol. The van der Waals surface area contributed by atoms with Crippen LogP contribution in [0.4, 0.5) is 5.82 Å². The highest BCUT2D eigenvalue weighted by molar-refractivity contribution is 5.57. The lowest BCUT2D eigenvalue weighted by molar-refractivity contribution is 0.249. The van der Waals surface area contributed by atoms with Crippen LogP contribution in [0.1, 0.15) is 16.8 Å². The second-order valence-corrected chi connectivity index (χ2v) is 6.92. The van der Waals surface area contributed by atoms with Crippen LogP contribution >= 0.6 is 0 Å². The number of rotatable bonds is 4. The van der Waals surface area contributed by atoms with Crippen LogP contribution < -0.4 is 4.90 Å². The molecule has 0 bridgehead atoms. The summed E-state index contributed by atoms with van der Waals surface area (Å²) >= 11 is 0. The molecule has 0 N–H and O–H groups in total. The average Bonchev–Trinajstić information content (AvgIpc) is 2.72. The van der Waals surface area contributed by atoms with Crippen molar-refractivity contribution in [2.24, 2.45) is 0 Å². The number of piperazine rings is 1. The second-order valence-electron chi connectivity index (χ2n) is 6.92. The molecule has 6 heteroatoms. The van der Waals surface area contributed by atoms with Gasteiger partial charge in [-0.25, -0.2) is 9.97 Å². The lowest BCUT2D eigenvalue weighted by Gasteiger charge is -2.36. The topological polar surface area (TPSA) is 58.0 Å². The molecule has 1 saturated heterocycles. The first-order chi connectivity index (χ1) is 13.2. The van der Waals surface area contributed by atoms with Crippen molar-refractivity contribution in [3.63, 3.8) is 0 Å². The van der Waals surface area contributed by atoms with E-state index in [1.807, 2.05) is 43.6 Å². The molecule has 3 aromatic heterocycles. The summed E-state index contributed by atoms with van der Waals surface area (Å²) in [7, 11) is 0. The van der Waals surface area contributed by atoms with Crippen molar-refractivity contribution < 1.29 is 0 Å². The zero-order valence-electron chi connectivity index (χ0n) is 15.8. The lowest BCUT2D eigenvalue weighted by atomic mass is 10.2. The van der Waals surface area contributed by atoms with Gasteiger partial charge in [-0.05, 0) is 37.6 Å². The number of pyridine rings is 2. The molecular weight excluding hydrogens is 336 g/mol. The standard InChI is InChI=1S/C21H24N6/c1-16-17(2)24-20(19-7-3-4-9-23-19)25-21(16)27-12-10-26(11-13-27)15-18-6-5-8-22-14-18/h3-9,14H,10-13,15H2,1-2H3. The summed E-state index contributed by atoms with van der Waals surface area (Å²) < 4.78 is 0. The van der Waals surface area contributed by atoms with Crippen molar-refractivity contribution >= 4 is 5.82 Å². The van der Waals surface area contributed by atoms with E-state index >= 15 is 0 Å². The Balaban J connectivity index is 1.50. The summed E-state index contributed by atoms with van der Waals surface area (Å²) in [6.45, 7) is 9.04. The normalized spacial score (nSPS) is 15.1. The Kier molecular flexibility index (Phi) is 5.07. The molecule has 1 aliphatic heterocycles. The molecule has 0 unspecified atom stereocenters. The smallest absolute Gasteiger partial charge is 0.180 e. The zero-order chi connectivity index (χ0) is 18.6. The molecule has 0 aromatic carbocycles. The summed E-state index contributed by atoms with van der Waals surface area (Å²) in [4.78, 5) is 23.0. The van der Waals surface area contributed by atoms with Crippen LogP contribution in [0.5, 0.6) is 0 Å². The Labute approximate surface area is 159 Å². The van der Waals surface area contributed by atoms with Crippen LogP contribution in [0.3, 0.4) is 0 Å². The minimum Gasteiger partial charge on any atom is -0.354 e. The summed E-state index contributed by atoms with van der Waals surface area (Å²) in [5.41, 5.74) is 4.24. The van der Waals surface area contributed by atoms with Crippen molar-refractivity contribution in [2.75, 3.05) is 31.1 Å². The highest BCUT2D eigenvalue weighted by atomic mass is 15.3. The third-order valence-electron chi connectivity index (χ3n) is 5.06. The maximum absolute atomic E-state index is 4.86. The maximum Gasteiger partial charge on any atom is 0.180 e. The molecule has 27 heavy (non-hydrogen) atoms. The number of hydrogen-bond acceptors (Lipinski definition) is 6. The maximum atomic E-state index is 4.86. The minimum atomic E-state index is 0.700. The van der Waals surface area contributed by atoms with Crippen LogP contribution in [-0.4, -0.2) is 51.0 Å². The molecule has 0 atom stereocenters. The Bertz CT molecular complexity index is 889. The van der Waals surface area contributed by atoms with E-state index in [1.54, 1.807) is 6.20 Å². The molecule has 0 saturated carbocycles. The molecule has 4 rings (SSSR count). The SMILES string of the molecule is Cc1nc(-c2ccccn2)nc(N2CCN(Cc3cccnc3)CC2)c1C. The fourth-order valence-electron chi connectivity index (χ4n) is 3.40. The molecule has 138 valence electrons. The zero-order valence-corrected chi connectivity index (χ0v) is 15.8. The first-order valence-corrected chi connectivity index (χ1v) is 9.33. The van der Waals surface area contributed by atoms with Crippen LogP contribution in [-0.2, 0) is 6.54 Å². The van der Waals surface area contributed by atoms with Gasteiger partial charge in [-0.3, -0.25) is 14.9 Å². The van der Waals surface area contributed by atoms with Gasteiger partial charge in [0.2, 0.25) is 0 Å². The number of nitrogens with zero attached hydrogens (tertiary/aromatic N) is 6. The summed E-state index contributed by atoms with van der Waals surface area (Å²) in [6, 6.07) is 9.97. The second kappa shape index (κ2) is 7.80. The van der Waals surface area contributed by atoms with Gasteiger partial charge in [0.1, 0.15) is 11.5 Å². The number of aromatic nitrogens is 4. The molecule has 6 nitrogen and oxygen atoms in total. The van der Waals surface area contributed by atoms with E-state index in [1.165, 1.54) is 5.56 Å². The van der Waals surface area contributed by atoms with Crippen molar-refractivity contribution in [3.05, 3.63) is 65.7 Å². The Morgan fingerprint density at radius 3 is 2.48 bits per heavy atom. The van der Waals surface area contributed by atoms with E-state index in [-0.39, 0.29) is 0 Å². The molecular formula is C21H24N6. The highest BCUT2D eigenvalue weighted by Gasteiger charge is 2.21. The third-order valence-corrected chi connectivity index (χ3v) is 5.06. The average molecular weight is 360 g/mol. The third kappa shape index (κ3) is 3.95. The Hall–Kier alpha value is -2.86. The Morgan fingerprint density at radius 1 is 0.926 bits per heavy atom. The van der Waals surface area contributed by atoms with E-state index < -0.39 is 0 Å². The molecule has 1 fully saturated rings. The highest BCUT2D eigenvalue weighted by Crippen LogP contribution is 2.24. The predicted octanol–water partition coefficient (Wildman–Crippen LogP) is 2.87. The van der Waals surface area contributed by atoms with Crippen molar-refractivity contribution in [3.8, 4) is 11.5 Å². The fraction of sp³-hybridized carbons (Fsp3) is 0.333. The molecule has 4 heterocycles. The van der Waals surface area contributed by atoms with Gasteiger partial charge in [0, 0.05) is 62.6 Å². The molecule has 1 aliphatic rings. The van der Waals surface area contributed by atoms with E-state index in [9.17, 15) is 0 Å². The van der Waals surface area contributed by atoms with Gasteiger partial charge in [-0.2, -0.15) is 0 Å².